The molecule has 0 heterocycles. The zero-order chi connectivity index (χ0) is 11.0. The van der Waals surface area contributed by atoms with Crippen LogP contribution in [-0.2, 0) is 6.42 Å². The normalized spacial score (nSPS) is 15.3. The number of rotatable bonds is 3. The van der Waals surface area contributed by atoms with Crippen molar-refractivity contribution >= 4 is 11.5 Å². The summed E-state index contributed by atoms with van der Waals surface area (Å²) in [7, 11) is 0. The van der Waals surface area contributed by atoms with E-state index in [4.69, 9.17) is 5.73 Å². The molecule has 1 aliphatic rings. The quantitative estimate of drug-likeness (QED) is 0.701. The Bertz CT molecular complexity index is 387. The molecule has 79 valence electrons. The second kappa shape index (κ2) is 3.65. The fourth-order valence-electron chi connectivity index (χ4n) is 1.66. The molecule has 0 aromatic heterocycles. The first-order valence-corrected chi connectivity index (χ1v) is 5.13. The molecule has 3 heteroatoms. The van der Waals surface area contributed by atoms with Crippen LogP contribution in [0.15, 0.2) is 12.1 Å². The average molecular weight is 206 g/mol. The zero-order valence-corrected chi connectivity index (χ0v) is 8.64. The Kier molecular flexibility index (Phi) is 2.47. The maximum Gasteiger partial charge on any atom is 0.159 e. The van der Waals surface area contributed by atoms with E-state index < -0.39 is 5.82 Å². The van der Waals surface area contributed by atoms with Crippen molar-refractivity contribution in [1.29, 1.82) is 0 Å². The minimum atomic E-state index is -0.403. The van der Waals surface area contributed by atoms with Gasteiger partial charge in [0.2, 0.25) is 0 Å². The third-order valence-corrected chi connectivity index (χ3v) is 2.79. The lowest BCUT2D eigenvalue weighted by Crippen LogP contribution is -2.00. The van der Waals surface area contributed by atoms with E-state index >= 15 is 0 Å². The Morgan fingerprint density at radius 1 is 1.53 bits per heavy atom. The summed E-state index contributed by atoms with van der Waals surface area (Å²) in [6, 6.07) is 2.71. The SMILES string of the molecule is CC(=O)c1cc([NH])c(CC2CC2)c(F)c1. The third-order valence-electron chi connectivity index (χ3n) is 2.79. The molecule has 0 unspecified atom stereocenters. The van der Waals surface area contributed by atoms with Crippen LogP contribution in [-0.4, -0.2) is 5.78 Å². The van der Waals surface area contributed by atoms with E-state index in [0.29, 0.717) is 17.9 Å². The van der Waals surface area contributed by atoms with Crippen molar-refractivity contribution in [2.24, 2.45) is 5.92 Å². The first kappa shape index (κ1) is 10.1. The third kappa shape index (κ3) is 2.17. The Morgan fingerprint density at radius 2 is 2.20 bits per heavy atom. The van der Waals surface area contributed by atoms with Gasteiger partial charge in [-0.3, -0.25) is 4.79 Å². The summed E-state index contributed by atoms with van der Waals surface area (Å²) in [5.74, 6) is -0.0493. The number of carbonyl (C=O) groups excluding carboxylic acids is 1. The van der Waals surface area contributed by atoms with Gasteiger partial charge in [0.1, 0.15) is 5.82 Å². The summed E-state index contributed by atoms with van der Waals surface area (Å²) < 4.78 is 13.6. The van der Waals surface area contributed by atoms with Crippen LogP contribution in [0.1, 0.15) is 35.7 Å². The lowest BCUT2D eigenvalue weighted by Gasteiger charge is -2.07. The highest BCUT2D eigenvalue weighted by molar-refractivity contribution is 5.95. The van der Waals surface area contributed by atoms with Gasteiger partial charge in [0.25, 0.3) is 0 Å². The number of hydrogen-bond donors (Lipinski definition) is 0. The van der Waals surface area contributed by atoms with Gasteiger partial charge in [-0.2, -0.15) is 0 Å². The second-order valence-corrected chi connectivity index (χ2v) is 4.19. The number of nitrogens with one attached hydrogen (secondary N) is 1. The molecule has 2 nitrogen and oxygen atoms in total. The Hall–Kier alpha value is -1.38. The predicted molar refractivity (Wildman–Crippen MR) is 55.6 cm³/mol. The van der Waals surface area contributed by atoms with E-state index in [1.807, 2.05) is 0 Å². The molecule has 0 saturated heterocycles. The van der Waals surface area contributed by atoms with Crippen molar-refractivity contribution in [2.75, 3.05) is 0 Å². The summed E-state index contributed by atoms with van der Waals surface area (Å²) in [6.07, 6.45) is 2.91. The summed E-state index contributed by atoms with van der Waals surface area (Å²) in [6.45, 7) is 1.38. The number of benzene rings is 1. The minimum Gasteiger partial charge on any atom is -0.300 e. The maximum atomic E-state index is 13.6. The molecule has 1 fully saturated rings. The first-order valence-electron chi connectivity index (χ1n) is 5.13. The van der Waals surface area contributed by atoms with Crippen LogP contribution < -0.4 is 5.73 Å². The van der Waals surface area contributed by atoms with E-state index in [0.717, 1.165) is 12.8 Å². The van der Waals surface area contributed by atoms with E-state index in [9.17, 15) is 9.18 Å². The molecule has 0 atom stereocenters. The van der Waals surface area contributed by atoms with Gasteiger partial charge in [-0.05, 0) is 44.2 Å². The largest absolute Gasteiger partial charge is 0.300 e. The molecule has 15 heavy (non-hydrogen) atoms. The van der Waals surface area contributed by atoms with Gasteiger partial charge in [-0.15, -0.1) is 0 Å². The van der Waals surface area contributed by atoms with Gasteiger partial charge in [0.15, 0.2) is 5.78 Å². The van der Waals surface area contributed by atoms with E-state index in [2.05, 4.69) is 0 Å². The van der Waals surface area contributed by atoms with Crippen molar-refractivity contribution in [3.63, 3.8) is 0 Å². The van der Waals surface area contributed by atoms with Crippen LogP contribution in [0.25, 0.3) is 0 Å². The Morgan fingerprint density at radius 3 is 2.67 bits per heavy atom. The molecular formula is C12H13FNO. The first-order chi connectivity index (χ1) is 7.08. The van der Waals surface area contributed by atoms with Crippen molar-refractivity contribution in [1.82, 2.24) is 5.73 Å². The van der Waals surface area contributed by atoms with Crippen LogP contribution in [0.3, 0.4) is 0 Å². The number of halogens is 1. The summed E-state index contributed by atoms with van der Waals surface area (Å²) in [4.78, 5) is 11.0. The average Bonchev–Trinajstić information content (AvgIpc) is 2.94. The minimum absolute atomic E-state index is 0.159. The van der Waals surface area contributed by atoms with E-state index in [1.165, 1.54) is 19.1 Å². The highest BCUT2D eigenvalue weighted by atomic mass is 19.1. The van der Waals surface area contributed by atoms with Gasteiger partial charge in [-0.25, -0.2) is 4.39 Å². The van der Waals surface area contributed by atoms with Crippen molar-refractivity contribution in [2.45, 2.75) is 26.2 Å². The van der Waals surface area contributed by atoms with Crippen LogP contribution in [0, 0.1) is 11.7 Å². The molecule has 0 aliphatic heterocycles. The van der Waals surface area contributed by atoms with E-state index in [-0.39, 0.29) is 17.0 Å². The second-order valence-electron chi connectivity index (χ2n) is 4.19. The Labute approximate surface area is 88.3 Å². The van der Waals surface area contributed by atoms with Crippen molar-refractivity contribution in [3.05, 3.63) is 29.1 Å². The molecule has 1 saturated carbocycles. The molecule has 1 aromatic carbocycles. The lowest BCUT2D eigenvalue weighted by molar-refractivity contribution is 0.101. The highest BCUT2D eigenvalue weighted by Gasteiger charge is 2.24. The molecule has 0 spiro atoms. The highest BCUT2D eigenvalue weighted by Crippen LogP contribution is 2.35. The van der Waals surface area contributed by atoms with E-state index in [1.54, 1.807) is 0 Å². The smallest absolute Gasteiger partial charge is 0.159 e. The molecule has 1 aromatic rings. The monoisotopic (exact) mass is 206 g/mol. The van der Waals surface area contributed by atoms with Crippen LogP contribution in [0.4, 0.5) is 10.1 Å². The summed E-state index contributed by atoms with van der Waals surface area (Å²) >= 11 is 0. The fraction of sp³-hybridized carbons (Fsp3) is 0.417. The van der Waals surface area contributed by atoms with Crippen LogP contribution in [0.2, 0.25) is 0 Å². The topological polar surface area (TPSA) is 40.9 Å². The molecular weight excluding hydrogens is 193 g/mol. The molecule has 0 bridgehead atoms. The zero-order valence-electron chi connectivity index (χ0n) is 8.64. The lowest BCUT2D eigenvalue weighted by atomic mass is 10.0. The number of carbonyl (C=O) groups is 1. The van der Waals surface area contributed by atoms with Crippen LogP contribution >= 0.6 is 0 Å². The maximum absolute atomic E-state index is 13.6. The van der Waals surface area contributed by atoms with Gasteiger partial charge < -0.3 is 5.73 Å². The van der Waals surface area contributed by atoms with Gasteiger partial charge in [0.05, 0.1) is 5.69 Å². The predicted octanol–water partition coefficient (Wildman–Crippen LogP) is 2.90. The summed E-state index contributed by atoms with van der Waals surface area (Å²) in [5.41, 5.74) is 8.58. The number of hydrogen-bond acceptors (Lipinski definition) is 1. The van der Waals surface area contributed by atoms with Crippen molar-refractivity contribution < 1.29 is 9.18 Å². The number of Topliss-reactive ketones (excluding diaryl/α,β-unsaturated/α-hetero) is 1. The van der Waals surface area contributed by atoms with Crippen molar-refractivity contribution in [3.8, 4) is 0 Å². The molecule has 1 N–H and O–H groups in total. The molecule has 1 radical (unpaired) electrons. The standard InChI is InChI=1S/C12H13FNO/c1-7(15)9-5-11(13)10(12(14)6-9)4-8-2-3-8/h5-6,8,14H,2-4H2,1H3. The molecule has 0 amide bonds. The number of ketones is 1. The molecule has 2 rings (SSSR count). The van der Waals surface area contributed by atoms with Crippen LogP contribution in [0.5, 0.6) is 0 Å². The molecule has 1 aliphatic carbocycles. The van der Waals surface area contributed by atoms with Gasteiger partial charge in [0, 0.05) is 11.1 Å². The summed E-state index contributed by atoms with van der Waals surface area (Å²) in [5, 5.41) is 0. The Balaban J connectivity index is 2.34. The van der Waals surface area contributed by atoms with Gasteiger partial charge in [-0.1, -0.05) is 0 Å². The van der Waals surface area contributed by atoms with Gasteiger partial charge >= 0.3 is 0 Å². The fourth-order valence-corrected chi connectivity index (χ4v) is 1.66.